The second-order valence-corrected chi connectivity index (χ2v) is 7.03. The van der Waals surface area contributed by atoms with Gasteiger partial charge in [0.1, 0.15) is 5.69 Å². The predicted molar refractivity (Wildman–Crippen MR) is 108 cm³/mol. The van der Waals surface area contributed by atoms with Gasteiger partial charge in [-0.2, -0.15) is 0 Å². The quantitative estimate of drug-likeness (QED) is 0.750. The molecule has 1 aromatic carbocycles. The first kappa shape index (κ1) is 20.6. The van der Waals surface area contributed by atoms with E-state index in [0.717, 1.165) is 12.1 Å². The minimum atomic E-state index is -0.473. The van der Waals surface area contributed by atoms with Gasteiger partial charge in [-0.1, -0.05) is 18.2 Å². The van der Waals surface area contributed by atoms with Gasteiger partial charge in [0.05, 0.1) is 5.69 Å². The third kappa shape index (κ3) is 5.62. The molecule has 0 radical (unpaired) electrons. The molecule has 2 aromatic rings. The van der Waals surface area contributed by atoms with E-state index in [2.05, 4.69) is 42.9 Å². The number of amides is 2. The van der Waals surface area contributed by atoms with Gasteiger partial charge in [0.2, 0.25) is 5.91 Å². The molecule has 6 nitrogen and oxygen atoms in total. The Bertz CT molecular complexity index is 777. The molecule has 3 N–H and O–H groups in total. The first-order chi connectivity index (χ1) is 12.8. The van der Waals surface area contributed by atoms with Crippen molar-refractivity contribution >= 4 is 11.8 Å². The molecule has 0 aliphatic rings. The van der Waals surface area contributed by atoms with Gasteiger partial charge in [-0.3, -0.25) is 14.5 Å². The van der Waals surface area contributed by atoms with Gasteiger partial charge in [0.15, 0.2) is 0 Å². The lowest BCUT2D eigenvalue weighted by molar-refractivity contribution is 0.0933. The van der Waals surface area contributed by atoms with E-state index in [1.165, 1.54) is 0 Å². The number of carbonyl (C=O) groups is 2. The Labute approximate surface area is 160 Å². The number of aromatic nitrogens is 1. The number of primary amides is 1. The normalized spacial score (nSPS) is 11.2. The van der Waals surface area contributed by atoms with E-state index in [-0.39, 0.29) is 5.91 Å². The third-order valence-corrected chi connectivity index (χ3v) is 4.43. The summed E-state index contributed by atoms with van der Waals surface area (Å²) in [4.78, 5) is 30.4. The van der Waals surface area contributed by atoms with Crippen molar-refractivity contribution in [2.24, 2.45) is 5.73 Å². The van der Waals surface area contributed by atoms with Crippen LogP contribution in [0.5, 0.6) is 0 Å². The van der Waals surface area contributed by atoms with Crippen LogP contribution in [0.1, 0.15) is 48.5 Å². The molecule has 144 valence electrons. The van der Waals surface area contributed by atoms with Gasteiger partial charge in [0.25, 0.3) is 5.91 Å². The molecule has 27 heavy (non-hydrogen) atoms. The summed E-state index contributed by atoms with van der Waals surface area (Å²) in [7, 11) is 0. The maximum atomic E-state index is 12.4. The smallest absolute Gasteiger partial charge is 0.269 e. The lowest BCUT2D eigenvalue weighted by Crippen LogP contribution is -2.42. The fourth-order valence-electron chi connectivity index (χ4n) is 3.03. The molecule has 0 fully saturated rings. The molecule has 1 aromatic heterocycles. The van der Waals surface area contributed by atoms with Crippen LogP contribution < -0.4 is 11.1 Å². The number of hydrogen-bond acceptors (Lipinski definition) is 4. The van der Waals surface area contributed by atoms with E-state index in [4.69, 9.17) is 5.73 Å². The van der Waals surface area contributed by atoms with Crippen molar-refractivity contribution in [3.8, 4) is 11.3 Å². The maximum absolute atomic E-state index is 12.4. The molecular formula is C21H28N4O2. The molecule has 2 amide bonds. The number of nitrogens with one attached hydrogen (secondary N) is 1. The standard InChI is InChI=1S/C21H28N4O2/c1-14(2)25(15(3)4)13-12-23-21(27)19-7-5-6-18(24-19)16-8-10-17(11-9-16)20(22)26/h5-11,14-15H,12-13H2,1-4H3,(H2,22,26)(H,23,27). The van der Waals surface area contributed by atoms with Crippen molar-refractivity contribution in [1.82, 2.24) is 15.2 Å². The van der Waals surface area contributed by atoms with Crippen molar-refractivity contribution in [2.45, 2.75) is 39.8 Å². The number of carbonyl (C=O) groups excluding carboxylic acids is 2. The number of nitrogens with two attached hydrogens (primary N) is 1. The number of benzene rings is 1. The van der Waals surface area contributed by atoms with Crippen LogP contribution in [0.15, 0.2) is 42.5 Å². The summed E-state index contributed by atoms with van der Waals surface area (Å²) in [5, 5.41) is 2.94. The second kappa shape index (κ2) is 9.28. The van der Waals surface area contributed by atoms with Crippen molar-refractivity contribution < 1.29 is 9.59 Å². The number of rotatable bonds is 8. The first-order valence-corrected chi connectivity index (χ1v) is 9.21. The number of pyridine rings is 1. The van der Waals surface area contributed by atoms with Crippen LogP contribution in [-0.2, 0) is 0 Å². The molecule has 1 heterocycles. The number of nitrogens with zero attached hydrogens (tertiary/aromatic N) is 2. The first-order valence-electron chi connectivity index (χ1n) is 9.21. The molecule has 0 saturated heterocycles. The van der Waals surface area contributed by atoms with Crippen LogP contribution >= 0.6 is 0 Å². The van der Waals surface area contributed by atoms with Gasteiger partial charge >= 0.3 is 0 Å². The highest BCUT2D eigenvalue weighted by Crippen LogP contribution is 2.18. The number of hydrogen-bond donors (Lipinski definition) is 2. The molecule has 0 spiro atoms. The predicted octanol–water partition coefficient (Wildman–Crippen LogP) is 2.70. The third-order valence-electron chi connectivity index (χ3n) is 4.43. The fraction of sp³-hybridized carbons (Fsp3) is 0.381. The van der Waals surface area contributed by atoms with E-state index in [0.29, 0.717) is 35.6 Å². The van der Waals surface area contributed by atoms with E-state index >= 15 is 0 Å². The summed E-state index contributed by atoms with van der Waals surface area (Å²) < 4.78 is 0. The highest BCUT2D eigenvalue weighted by Gasteiger charge is 2.14. The minimum Gasteiger partial charge on any atom is -0.366 e. The van der Waals surface area contributed by atoms with Crippen molar-refractivity contribution in [2.75, 3.05) is 13.1 Å². The average Bonchev–Trinajstić information content (AvgIpc) is 2.64. The van der Waals surface area contributed by atoms with E-state index < -0.39 is 5.91 Å². The topological polar surface area (TPSA) is 88.3 Å². The fourth-order valence-corrected chi connectivity index (χ4v) is 3.03. The summed E-state index contributed by atoms with van der Waals surface area (Å²) in [6, 6.07) is 13.0. The van der Waals surface area contributed by atoms with Gasteiger partial charge in [-0.05, 0) is 52.0 Å². The molecule has 0 saturated carbocycles. The van der Waals surface area contributed by atoms with E-state index in [9.17, 15) is 9.59 Å². The zero-order valence-corrected chi connectivity index (χ0v) is 16.4. The molecule has 0 bridgehead atoms. The van der Waals surface area contributed by atoms with Crippen LogP contribution in [0, 0.1) is 0 Å². The largest absolute Gasteiger partial charge is 0.366 e. The van der Waals surface area contributed by atoms with E-state index in [1.54, 1.807) is 36.4 Å². The zero-order valence-electron chi connectivity index (χ0n) is 16.4. The summed E-state index contributed by atoms with van der Waals surface area (Å²) in [5.74, 6) is -0.669. The Morgan fingerprint density at radius 3 is 2.22 bits per heavy atom. The summed E-state index contributed by atoms with van der Waals surface area (Å²) in [6.45, 7) is 9.95. The maximum Gasteiger partial charge on any atom is 0.269 e. The minimum absolute atomic E-state index is 0.196. The molecule has 2 rings (SSSR count). The van der Waals surface area contributed by atoms with Gasteiger partial charge < -0.3 is 11.1 Å². The highest BCUT2D eigenvalue weighted by molar-refractivity contribution is 5.94. The van der Waals surface area contributed by atoms with Gasteiger partial charge in [-0.15, -0.1) is 0 Å². The lowest BCUT2D eigenvalue weighted by Gasteiger charge is -2.30. The van der Waals surface area contributed by atoms with Crippen molar-refractivity contribution in [3.63, 3.8) is 0 Å². The zero-order chi connectivity index (χ0) is 20.0. The molecule has 0 atom stereocenters. The Kier molecular flexibility index (Phi) is 7.07. The van der Waals surface area contributed by atoms with Crippen molar-refractivity contribution in [1.29, 1.82) is 0 Å². The van der Waals surface area contributed by atoms with Crippen molar-refractivity contribution in [3.05, 3.63) is 53.7 Å². The summed E-state index contributed by atoms with van der Waals surface area (Å²) in [5.41, 5.74) is 7.56. The Morgan fingerprint density at radius 1 is 1.04 bits per heavy atom. The second-order valence-electron chi connectivity index (χ2n) is 7.03. The Morgan fingerprint density at radius 2 is 1.67 bits per heavy atom. The SMILES string of the molecule is CC(C)N(CCNC(=O)c1cccc(-c2ccc(C(N)=O)cc2)n1)C(C)C. The van der Waals surface area contributed by atoms with Crippen LogP contribution in [0.25, 0.3) is 11.3 Å². The average molecular weight is 368 g/mol. The molecular weight excluding hydrogens is 340 g/mol. The van der Waals surface area contributed by atoms with Crippen LogP contribution in [0.4, 0.5) is 0 Å². The Balaban J connectivity index is 2.03. The van der Waals surface area contributed by atoms with Crippen LogP contribution in [-0.4, -0.2) is 46.9 Å². The monoisotopic (exact) mass is 368 g/mol. The molecule has 0 aliphatic carbocycles. The summed E-state index contributed by atoms with van der Waals surface area (Å²) >= 11 is 0. The molecule has 6 heteroatoms. The highest BCUT2D eigenvalue weighted by atomic mass is 16.2. The van der Waals surface area contributed by atoms with Gasteiger partial charge in [0, 0.05) is 36.3 Å². The lowest BCUT2D eigenvalue weighted by atomic mass is 10.1. The summed E-state index contributed by atoms with van der Waals surface area (Å²) in [6.07, 6.45) is 0. The molecule has 0 unspecified atom stereocenters. The van der Waals surface area contributed by atoms with Crippen LogP contribution in [0.3, 0.4) is 0 Å². The van der Waals surface area contributed by atoms with E-state index in [1.807, 2.05) is 6.07 Å². The molecule has 0 aliphatic heterocycles. The Hall–Kier alpha value is -2.73. The van der Waals surface area contributed by atoms with Gasteiger partial charge in [-0.25, -0.2) is 4.98 Å². The van der Waals surface area contributed by atoms with Crippen LogP contribution in [0.2, 0.25) is 0 Å².